The Kier molecular flexibility index (Phi) is 35.5. The van der Waals surface area contributed by atoms with Gasteiger partial charge in [0.1, 0.15) is 12.1 Å². The van der Waals surface area contributed by atoms with E-state index in [1.54, 1.807) is 0 Å². The third kappa shape index (κ3) is 34.1. The van der Waals surface area contributed by atoms with E-state index >= 15 is 0 Å². The van der Waals surface area contributed by atoms with Crippen LogP contribution in [0.3, 0.4) is 0 Å². The number of aliphatic carboxylic acids is 1. The van der Waals surface area contributed by atoms with E-state index in [9.17, 15) is 19.5 Å². The standard InChI is InChI=1S/C42H78N2O5/c1-3-5-7-9-11-12-13-14-15-16-17-18-19-20-22-24-30-36-41(46)49-38(32-27-23-21-10-8-6-4-2)33-28-25-26-29-35-40(45)44-39(42(47)48)34-31-37-43/h14-15,27,32,38-39H,3-13,16-26,28-31,33-37,43H2,1-2H3,(H,44,45)(H,47,48)/b15-14-,32-27-. The molecule has 0 aromatic rings. The maximum Gasteiger partial charge on any atom is 0.326 e. The second-order valence-electron chi connectivity index (χ2n) is 14.0. The number of esters is 1. The Balaban J connectivity index is 4.20. The second-order valence-corrected chi connectivity index (χ2v) is 14.0. The minimum absolute atomic E-state index is 0.0929. The summed E-state index contributed by atoms with van der Waals surface area (Å²) < 4.78 is 5.91. The van der Waals surface area contributed by atoms with Crippen LogP contribution in [0.5, 0.6) is 0 Å². The van der Waals surface area contributed by atoms with E-state index in [0.29, 0.717) is 38.6 Å². The van der Waals surface area contributed by atoms with E-state index in [2.05, 4.69) is 43.5 Å². The van der Waals surface area contributed by atoms with Crippen LogP contribution < -0.4 is 11.1 Å². The highest BCUT2D eigenvalue weighted by Crippen LogP contribution is 2.16. The molecule has 0 aliphatic carbocycles. The molecular formula is C42H78N2O5. The molecular weight excluding hydrogens is 612 g/mol. The van der Waals surface area contributed by atoms with Gasteiger partial charge in [-0.2, -0.15) is 0 Å². The van der Waals surface area contributed by atoms with Crippen molar-refractivity contribution in [3.05, 3.63) is 24.3 Å². The van der Waals surface area contributed by atoms with Gasteiger partial charge in [-0.1, -0.05) is 135 Å². The fourth-order valence-electron chi connectivity index (χ4n) is 6.06. The lowest BCUT2D eigenvalue weighted by Gasteiger charge is -2.15. The Morgan fingerprint density at radius 2 is 1.06 bits per heavy atom. The number of nitrogens with one attached hydrogen (secondary N) is 1. The number of hydrogen-bond donors (Lipinski definition) is 3. The number of unbranched alkanes of at least 4 members (excludes halogenated alkanes) is 21. The Hall–Kier alpha value is -2.15. The van der Waals surface area contributed by atoms with Gasteiger partial charge in [0, 0.05) is 12.8 Å². The molecule has 0 radical (unpaired) electrons. The fraction of sp³-hybridized carbons (Fsp3) is 0.833. The van der Waals surface area contributed by atoms with Crippen molar-refractivity contribution in [1.82, 2.24) is 5.32 Å². The zero-order valence-corrected chi connectivity index (χ0v) is 32.0. The number of carboxylic acids is 1. The molecule has 2 atom stereocenters. The number of rotatable bonds is 37. The van der Waals surface area contributed by atoms with E-state index in [4.69, 9.17) is 10.5 Å². The van der Waals surface area contributed by atoms with Crippen molar-refractivity contribution in [2.45, 2.75) is 219 Å². The molecule has 286 valence electrons. The number of carboxylic acid groups (broad SMARTS) is 1. The quantitative estimate of drug-likeness (QED) is 0.0339. The summed E-state index contributed by atoms with van der Waals surface area (Å²) in [6.45, 7) is 4.90. The minimum atomic E-state index is -1.01. The van der Waals surface area contributed by atoms with Crippen molar-refractivity contribution in [2.24, 2.45) is 5.73 Å². The van der Waals surface area contributed by atoms with Crippen LogP contribution in [0.1, 0.15) is 206 Å². The largest absolute Gasteiger partial charge is 0.480 e. The molecule has 0 saturated carbocycles. The number of allylic oxidation sites excluding steroid dienone is 3. The summed E-state index contributed by atoms with van der Waals surface area (Å²) >= 11 is 0. The maximum atomic E-state index is 12.7. The summed E-state index contributed by atoms with van der Waals surface area (Å²) in [6, 6.07) is -0.869. The second kappa shape index (κ2) is 37.1. The molecule has 4 N–H and O–H groups in total. The van der Waals surface area contributed by atoms with Gasteiger partial charge < -0.3 is 20.9 Å². The highest BCUT2D eigenvalue weighted by molar-refractivity contribution is 5.83. The van der Waals surface area contributed by atoms with Crippen LogP contribution in [0, 0.1) is 0 Å². The normalized spacial score (nSPS) is 12.9. The Morgan fingerprint density at radius 1 is 0.592 bits per heavy atom. The van der Waals surface area contributed by atoms with Crippen molar-refractivity contribution < 1.29 is 24.2 Å². The highest BCUT2D eigenvalue weighted by atomic mass is 16.5. The molecule has 0 saturated heterocycles. The Bertz CT molecular complexity index is 828. The molecule has 0 aromatic heterocycles. The Labute approximate surface area is 302 Å². The number of nitrogens with two attached hydrogens (primary N) is 1. The number of hydrogen-bond acceptors (Lipinski definition) is 5. The van der Waals surface area contributed by atoms with Crippen LogP contribution in [0.2, 0.25) is 0 Å². The summed E-state index contributed by atoms with van der Waals surface area (Å²) in [5.41, 5.74) is 5.47. The van der Waals surface area contributed by atoms with E-state index in [1.165, 1.54) is 116 Å². The molecule has 0 heterocycles. The molecule has 0 rings (SSSR count). The molecule has 49 heavy (non-hydrogen) atoms. The van der Waals surface area contributed by atoms with Crippen molar-refractivity contribution in [2.75, 3.05) is 6.54 Å². The molecule has 0 aliphatic rings. The van der Waals surface area contributed by atoms with Crippen LogP contribution in [0.4, 0.5) is 0 Å². The van der Waals surface area contributed by atoms with Gasteiger partial charge in [0.2, 0.25) is 5.91 Å². The molecule has 0 spiro atoms. The van der Waals surface area contributed by atoms with Gasteiger partial charge in [0.15, 0.2) is 0 Å². The molecule has 0 aromatic carbocycles. The first-order valence-electron chi connectivity index (χ1n) is 20.7. The smallest absolute Gasteiger partial charge is 0.326 e. The number of carbonyl (C=O) groups is 3. The summed E-state index contributed by atoms with van der Waals surface area (Å²) in [7, 11) is 0. The summed E-state index contributed by atoms with van der Waals surface area (Å²) in [5.74, 6) is -1.33. The lowest BCUT2D eigenvalue weighted by molar-refractivity contribution is -0.147. The van der Waals surface area contributed by atoms with Crippen molar-refractivity contribution in [1.29, 1.82) is 0 Å². The van der Waals surface area contributed by atoms with E-state index in [0.717, 1.165) is 44.9 Å². The first-order valence-corrected chi connectivity index (χ1v) is 20.7. The van der Waals surface area contributed by atoms with Crippen molar-refractivity contribution in [3.8, 4) is 0 Å². The predicted molar refractivity (Wildman–Crippen MR) is 207 cm³/mol. The number of carbonyl (C=O) groups excluding carboxylic acids is 2. The maximum absolute atomic E-state index is 12.7. The monoisotopic (exact) mass is 691 g/mol. The molecule has 0 fully saturated rings. The van der Waals surface area contributed by atoms with Crippen molar-refractivity contribution >= 4 is 17.8 Å². The van der Waals surface area contributed by atoms with Gasteiger partial charge in [-0.25, -0.2) is 4.79 Å². The summed E-state index contributed by atoms with van der Waals surface area (Å²) in [4.78, 5) is 36.2. The SMILES string of the molecule is CCCCCCC/C=C\C(CCCCCCC(=O)NC(CCCN)C(=O)O)OC(=O)CCCCCCCCC/C=C\CCCCCCCC. The molecule has 1 amide bonds. The fourth-order valence-corrected chi connectivity index (χ4v) is 6.06. The molecule has 2 unspecified atom stereocenters. The topological polar surface area (TPSA) is 119 Å². The molecule has 7 heteroatoms. The lowest BCUT2D eigenvalue weighted by Crippen LogP contribution is -2.40. The lowest BCUT2D eigenvalue weighted by atomic mass is 10.1. The first kappa shape index (κ1) is 46.9. The highest BCUT2D eigenvalue weighted by Gasteiger charge is 2.19. The average molecular weight is 691 g/mol. The van der Waals surface area contributed by atoms with E-state index in [-0.39, 0.29) is 18.0 Å². The van der Waals surface area contributed by atoms with Crippen LogP contribution in [-0.2, 0) is 19.1 Å². The molecule has 7 nitrogen and oxygen atoms in total. The van der Waals surface area contributed by atoms with Crippen LogP contribution in [0.25, 0.3) is 0 Å². The van der Waals surface area contributed by atoms with Gasteiger partial charge in [0.25, 0.3) is 0 Å². The van der Waals surface area contributed by atoms with Gasteiger partial charge in [-0.3, -0.25) is 9.59 Å². The molecule has 0 bridgehead atoms. The number of amides is 1. The van der Waals surface area contributed by atoms with Gasteiger partial charge in [-0.05, 0) is 89.7 Å². The third-order valence-electron chi connectivity index (χ3n) is 9.22. The van der Waals surface area contributed by atoms with Gasteiger partial charge in [0.05, 0.1) is 0 Å². The predicted octanol–water partition coefficient (Wildman–Crippen LogP) is 11.3. The first-order chi connectivity index (χ1) is 23.9. The third-order valence-corrected chi connectivity index (χ3v) is 9.22. The van der Waals surface area contributed by atoms with Crippen LogP contribution >= 0.6 is 0 Å². The summed E-state index contributed by atoms with van der Waals surface area (Å²) in [5, 5.41) is 11.9. The van der Waals surface area contributed by atoms with E-state index in [1.807, 2.05) is 0 Å². The molecule has 0 aliphatic heterocycles. The zero-order chi connectivity index (χ0) is 36.0. The van der Waals surface area contributed by atoms with Crippen molar-refractivity contribution in [3.63, 3.8) is 0 Å². The van der Waals surface area contributed by atoms with Crippen LogP contribution in [0.15, 0.2) is 24.3 Å². The number of ether oxygens (including phenoxy) is 1. The van der Waals surface area contributed by atoms with Crippen LogP contribution in [-0.4, -0.2) is 41.6 Å². The minimum Gasteiger partial charge on any atom is -0.480 e. The van der Waals surface area contributed by atoms with Gasteiger partial charge in [-0.15, -0.1) is 0 Å². The Morgan fingerprint density at radius 3 is 1.59 bits per heavy atom. The zero-order valence-electron chi connectivity index (χ0n) is 32.0. The average Bonchev–Trinajstić information content (AvgIpc) is 3.08. The van der Waals surface area contributed by atoms with Gasteiger partial charge >= 0.3 is 11.9 Å². The van der Waals surface area contributed by atoms with E-state index < -0.39 is 12.0 Å². The summed E-state index contributed by atoms with van der Waals surface area (Å²) in [6.07, 6.45) is 41.0.